The molecule has 9 nitrogen and oxygen atoms in total. The van der Waals surface area contributed by atoms with Gasteiger partial charge in [-0.3, -0.25) is 4.79 Å². The Labute approximate surface area is 214 Å². The van der Waals surface area contributed by atoms with Gasteiger partial charge in [0.1, 0.15) is 12.3 Å². The molecule has 5 rings (SSSR count). The molecule has 188 valence electrons. The van der Waals surface area contributed by atoms with Gasteiger partial charge in [-0.05, 0) is 55.6 Å². The number of pyridine rings is 1. The molecule has 0 atom stereocenters. The highest BCUT2D eigenvalue weighted by molar-refractivity contribution is 7.89. The smallest absolute Gasteiger partial charge is 0.244 e. The highest BCUT2D eigenvalue weighted by Crippen LogP contribution is 2.32. The maximum Gasteiger partial charge on any atom is 0.244 e. The number of benzene rings is 1. The van der Waals surface area contributed by atoms with Crippen LogP contribution in [0.2, 0.25) is 0 Å². The Kier molecular flexibility index (Phi) is 6.78. The van der Waals surface area contributed by atoms with Gasteiger partial charge in [0.05, 0.1) is 22.6 Å². The van der Waals surface area contributed by atoms with Crippen molar-refractivity contribution in [2.75, 3.05) is 32.8 Å². The molecule has 0 bridgehead atoms. The number of ether oxygens (including phenoxy) is 1. The zero-order valence-electron chi connectivity index (χ0n) is 20.1. The van der Waals surface area contributed by atoms with Gasteiger partial charge < -0.3 is 9.64 Å². The summed E-state index contributed by atoms with van der Waals surface area (Å²) in [6, 6.07) is 12.5. The molecule has 1 aromatic carbocycles. The quantitative estimate of drug-likeness (QED) is 0.367. The molecule has 36 heavy (non-hydrogen) atoms. The fourth-order valence-electron chi connectivity index (χ4n) is 4.46. The highest BCUT2D eigenvalue weighted by Gasteiger charge is 2.30. The number of aryl methyl sites for hydroxylation is 1. The number of hydrogen-bond donors (Lipinski definition) is 0. The van der Waals surface area contributed by atoms with Crippen molar-refractivity contribution in [2.24, 2.45) is 0 Å². The van der Waals surface area contributed by atoms with E-state index in [1.54, 1.807) is 51.4 Å². The van der Waals surface area contributed by atoms with Crippen molar-refractivity contribution < 1.29 is 17.9 Å². The third kappa shape index (κ3) is 4.61. The topological polar surface area (TPSA) is 97.6 Å². The monoisotopic (exact) mass is 525 g/mol. The minimum Gasteiger partial charge on any atom is -0.494 e. The normalized spacial score (nSPS) is 14.9. The van der Waals surface area contributed by atoms with Gasteiger partial charge >= 0.3 is 0 Å². The number of amides is 1. The largest absolute Gasteiger partial charge is 0.494 e. The van der Waals surface area contributed by atoms with E-state index in [4.69, 9.17) is 4.74 Å². The average Bonchev–Trinajstić information content (AvgIpc) is 3.53. The predicted molar refractivity (Wildman–Crippen MR) is 139 cm³/mol. The number of carbonyl (C=O) groups excluding carboxylic acids is 1. The predicted octanol–water partition coefficient (Wildman–Crippen LogP) is 3.40. The number of rotatable bonds is 7. The van der Waals surface area contributed by atoms with E-state index >= 15 is 0 Å². The summed E-state index contributed by atoms with van der Waals surface area (Å²) < 4.78 is 34.6. The number of sulfonamides is 1. The molecule has 0 saturated carbocycles. The summed E-state index contributed by atoms with van der Waals surface area (Å²) in [6.07, 6.45) is 1.74. The summed E-state index contributed by atoms with van der Waals surface area (Å²) in [5.41, 5.74) is 2.54. The van der Waals surface area contributed by atoms with E-state index in [2.05, 4.69) is 16.1 Å². The van der Waals surface area contributed by atoms with Gasteiger partial charge in [0, 0.05) is 42.8 Å². The molecule has 1 amide bonds. The number of nitrogens with zero attached hydrogens (tertiary/aromatic N) is 5. The first-order valence-electron chi connectivity index (χ1n) is 11.7. The second-order valence-corrected chi connectivity index (χ2v) is 11.4. The molecule has 0 radical (unpaired) electrons. The molecule has 1 aliphatic heterocycles. The lowest BCUT2D eigenvalue weighted by atomic mass is 10.1. The molecule has 4 heterocycles. The summed E-state index contributed by atoms with van der Waals surface area (Å²) in [7, 11) is -3.64. The Morgan fingerprint density at radius 3 is 2.50 bits per heavy atom. The van der Waals surface area contributed by atoms with Crippen molar-refractivity contribution in [1.82, 2.24) is 24.0 Å². The minimum atomic E-state index is -3.64. The Hall–Kier alpha value is -3.28. The van der Waals surface area contributed by atoms with E-state index in [1.807, 2.05) is 31.4 Å². The Balaban J connectivity index is 1.27. The summed E-state index contributed by atoms with van der Waals surface area (Å²) >= 11 is 1.65. The van der Waals surface area contributed by atoms with Crippen LogP contribution in [0.15, 0.2) is 58.9 Å². The number of aromatic nitrogens is 3. The molecule has 3 aromatic heterocycles. The third-order valence-electron chi connectivity index (χ3n) is 6.24. The van der Waals surface area contributed by atoms with Crippen LogP contribution in [-0.4, -0.2) is 71.1 Å². The first-order chi connectivity index (χ1) is 17.4. The van der Waals surface area contributed by atoms with Crippen LogP contribution >= 0.6 is 11.3 Å². The van der Waals surface area contributed by atoms with Crippen LogP contribution < -0.4 is 4.74 Å². The number of thiophene rings is 1. The lowest BCUT2D eigenvalue weighted by Gasteiger charge is -2.34. The molecular weight excluding hydrogens is 498 g/mol. The van der Waals surface area contributed by atoms with Crippen molar-refractivity contribution in [1.29, 1.82) is 0 Å². The second kappa shape index (κ2) is 10.00. The van der Waals surface area contributed by atoms with Crippen molar-refractivity contribution in [3.8, 4) is 16.2 Å². The molecular formula is C25H27N5O4S2. The minimum absolute atomic E-state index is 0.0525. The number of fused-ring (bicyclic) bond motifs is 1. The fraction of sp³-hybridized carbons (Fsp3) is 0.320. The zero-order valence-corrected chi connectivity index (χ0v) is 21.8. The molecule has 11 heteroatoms. The summed E-state index contributed by atoms with van der Waals surface area (Å²) in [6.45, 7) is 5.48. The van der Waals surface area contributed by atoms with Gasteiger partial charge in [-0.1, -0.05) is 6.07 Å². The van der Waals surface area contributed by atoms with Gasteiger partial charge in [-0.2, -0.15) is 9.40 Å². The SMILES string of the molecule is CCOc1ccc(S(=O)(=O)N2CCN(C(=O)Cn3nc(C)c4c(-c5cccs5)ccnc43)CC2)cc1. The first kappa shape index (κ1) is 24.4. The van der Waals surface area contributed by atoms with Crippen LogP contribution in [0.1, 0.15) is 12.6 Å². The molecule has 1 saturated heterocycles. The van der Waals surface area contributed by atoms with Gasteiger partial charge in [-0.25, -0.2) is 18.1 Å². The molecule has 1 fully saturated rings. The van der Waals surface area contributed by atoms with Gasteiger partial charge in [0.15, 0.2) is 5.65 Å². The third-order valence-corrected chi connectivity index (χ3v) is 9.06. The van der Waals surface area contributed by atoms with Crippen LogP contribution in [0.25, 0.3) is 21.5 Å². The van der Waals surface area contributed by atoms with Crippen molar-refractivity contribution in [2.45, 2.75) is 25.3 Å². The van der Waals surface area contributed by atoms with E-state index in [9.17, 15) is 13.2 Å². The van der Waals surface area contributed by atoms with E-state index in [-0.39, 0.29) is 30.4 Å². The highest BCUT2D eigenvalue weighted by atomic mass is 32.2. The Morgan fingerprint density at radius 2 is 1.83 bits per heavy atom. The Morgan fingerprint density at radius 1 is 1.08 bits per heavy atom. The number of carbonyl (C=O) groups is 1. The van der Waals surface area contributed by atoms with Crippen LogP contribution in [0.4, 0.5) is 0 Å². The summed E-state index contributed by atoms with van der Waals surface area (Å²) in [5.74, 6) is 0.520. The van der Waals surface area contributed by atoms with Crippen LogP contribution in [0, 0.1) is 6.92 Å². The van der Waals surface area contributed by atoms with Crippen LogP contribution in [-0.2, 0) is 21.4 Å². The molecule has 1 aliphatic rings. The lowest BCUT2D eigenvalue weighted by Crippen LogP contribution is -2.51. The lowest BCUT2D eigenvalue weighted by molar-refractivity contribution is -0.133. The van der Waals surface area contributed by atoms with E-state index in [0.29, 0.717) is 31.1 Å². The first-order valence-corrected chi connectivity index (χ1v) is 14.1. The van der Waals surface area contributed by atoms with Crippen molar-refractivity contribution in [3.63, 3.8) is 0 Å². The molecule has 0 aliphatic carbocycles. The Bertz CT molecular complexity index is 1470. The second-order valence-electron chi connectivity index (χ2n) is 8.47. The van der Waals surface area contributed by atoms with Gasteiger partial charge in [-0.15, -0.1) is 11.3 Å². The zero-order chi connectivity index (χ0) is 25.3. The molecule has 0 N–H and O–H groups in total. The van der Waals surface area contributed by atoms with Gasteiger partial charge in [0.2, 0.25) is 15.9 Å². The summed E-state index contributed by atoms with van der Waals surface area (Å²) in [5, 5.41) is 7.58. The standard InChI is InChI=1S/C25H27N5O4S2/c1-3-34-19-6-8-20(9-7-19)36(32,33)29-14-12-28(13-15-29)23(31)17-30-25-24(18(2)27-30)21(10-11-26-25)22-5-4-16-35-22/h4-11,16H,3,12-15,17H2,1-2H3. The van der Waals surface area contributed by atoms with E-state index in [1.165, 1.54) is 4.31 Å². The van der Waals surface area contributed by atoms with Crippen molar-refractivity contribution in [3.05, 3.63) is 59.7 Å². The van der Waals surface area contributed by atoms with Crippen LogP contribution in [0.3, 0.4) is 0 Å². The molecule has 4 aromatic rings. The van der Waals surface area contributed by atoms with Crippen molar-refractivity contribution >= 4 is 38.3 Å². The molecule has 0 spiro atoms. The number of piperazine rings is 1. The fourth-order valence-corrected chi connectivity index (χ4v) is 6.64. The van der Waals surface area contributed by atoms with Crippen LogP contribution in [0.5, 0.6) is 5.75 Å². The maximum atomic E-state index is 13.1. The summed E-state index contributed by atoms with van der Waals surface area (Å²) in [4.78, 5) is 20.7. The number of hydrogen-bond acceptors (Lipinski definition) is 7. The molecule has 0 unspecified atom stereocenters. The van der Waals surface area contributed by atoms with E-state index in [0.717, 1.165) is 21.5 Å². The maximum absolute atomic E-state index is 13.1. The van der Waals surface area contributed by atoms with Gasteiger partial charge in [0.25, 0.3) is 0 Å². The van der Waals surface area contributed by atoms with E-state index < -0.39 is 10.0 Å². The average molecular weight is 526 g/mol.